The molecule has 0 aliphatic heterocycles. The van der Waals surface area contributed by atoms with Crippen molar-refractivity contribution < 1.29 is 18.3 Å². The van der Waals surface area contributed by atoms with Gasteiger partial charge in [-0.3, -0.25) is 0 Å². The lowest BCUT2D eigenvalue weighted by Gasteiger charge is -2.15. The molecule has 0 radical (unpaired) electrons. The Morgan fingerprint density at radius 1 is 1.29 bits per heavy atom. The highest BCUT2D eigenvalue weighted by atomic mass is 19.1. The third-order valence-corrected chi connectivity index (χ3v) is 2.42. The molecular weight excluding hydrogens is 228 g/mol. The van der Waals surface area contributed by atoms with Crippen LogP contribution in [-0.2, 0) is 9.47 Å². The fraction of sp³-hybridized carbons (Fsp3) is 0.500. The molecule has 3 nitrogen and oxygen atoms in total. The smallest absolute Gasteiger partial charge is 0.133 e. The second kappa shape index (κ2) is 6.64. The van der Waals surface area contributed by atoms with Gasteiger partial charge >= 0.3 is 0 Å². The van der Waals surface area contributed by atoms with Crippen molar-refractivity contribution in [2.24, 2.45) is 5.73 Å². The lowest BCUT2D eigenvalue weighted by molar-refractivity contribution is 0.0627. The van der Waals surface area contributed by atoms with Crippen LogP contribution in [0.5, 0.6) is 0 Å². The minimum Gasteiger partial charge on any atom is -0.382 e. The third-order valence-electron chi connectivity index (χ3n) is 2.42. The van der Waals surface area contributed by atoms with Gasteiger partial charge in [-0.1, -0.05) is 6.07 Å². The summed E-state index contributed by atoms with van der Waals surface area (Å²) in [5, 5.41) is 0. The van der Waals surface area contributed by atoms with Gasteiger partial charge in [0.05, 0.1) is 25.9 Å². The lowest BCUT2D eigenvalue weighted by atomic mass is 10.0. The average Bonchev–Trinajstić information content (AvgIpc) is 2.30. The summed E-state index contributed by atoms with van der Waals surface area (Å²) in [6.07, 6.45) is 0. The van der Waals surface area contributed by atoms with Crippen LogP contribution in [0.25, 0.3) is 0 Å². The fourth-order valence-corrected chi connectivity index (χ4v) is 1.45. The van der Waals surface area contributed by atoms with Crippen LogP contribution in [0.3, 0.4) is 0 Å². The van der Waals surface area contributed by atoms with Gasteiger partial charge in [0.15, 0.2) is 0 Å². The van der Waals surface area contributed by atoms with Crippen molar-refractivity contribution in [2.75, 3.05) is 26.9 Å². The predicted molar refractivity (Wildman–Crippen MR) is 60.7 cm³/mol. The number of hydrogen-bond donors (Lipinski definition) is 1. The first-order valence-corrected chi connectivity index (χ1v) is 5.34. The molecule has 0 saturated heterocycles. The minimum atomic E-state index is -0.813. The third kappa shape index (κ3) is 3.73. The van der Waals surface area contributed by atoms with E-state index in [0.29, 0.717) is 18.8 Å². The monoisotopic (exact) mass is 245 g/mol. The molecule has 0 aliphatic rings. The largest absolute Gasteiger partial charge is 0.382 e. The van der Waals surface area contributed by atoms with Crippen molar-refractivity contribution >= 4 is 0 Å². The molecule has 0 aliphatic carbocycles. The van der Waals surface area contributed by atoms with Gasteiger partial charge in [0.2, 0.25) is 0 Å². The Hall–Kier alpha value is -1.04. The zero-order chi connectivity index (χ0) is 12.8. The topological polar surface area (TPSA) is 44.5 Å². The number of hydrogen-bond acceptors (Lipinski definition) is 3. The molecule has 96 valence electrons. The van der Waals surface area contributed by atoms with Crippen molar-refractivity contribution in [3.8, 4) is 0 Å². The highest BCUT2D eigenvalue weighted by Crippen LogP contribution is 2.21. The summed E-state index contributed by atoms with van der Waals surface area (Å²) in [6, 6.07) is 1.78. The molecule has 0 amide bonds. The van der Waals surface area contributed by atoms with E-state index < -0.39 is 17.7 Å². The summed E-state index contributed by atoms with van der Waals surface area (Å²) in [5.41, 5.74) is 5.95. The quantitative estimate of drug-likeness (QED) is 0.779. The maximum Gasteiger partial charge on any atom is 0.133 e. The molecule has 0 saturated carbocycles. The molecule has 0 aromatic heterocycles. The standard InChI is InChI=1S/C12H17F2NO2/c1-8-3-4-9(13)11(12(8)14)10(15)7-17-6-5-16-2/h3-4,10H,5-7,15H2,1-2H3. The fourth-order valence-electron chi connectivity index (χ4n) is 1.45. The van der Waals surface area contributed by atoms with Crippen LogP contribution in [0.15, 0.2) is 12.1 Å². The number of ether oxygens (including phenoxy) is 2. The molecule has 0 spiro atoms. The van der Waals surface area contributed by atoms with Crippen LogP contribution in [0.4, 0.5) is 8.78 Å². The second-order valence-corrected chi connectivity index (χ2v) is 3.77. The summed E-state index contributed by atoms with van der Waals surface area (Å²) in [4.78, 5) is 0. The van der Waals surface area contributed by atoms with Crippen molar-refractivity contribution in [1.82, 2.24) is 0 Å². The van der Waals surface area contributed by atoms with E-state index in [0.717, 1.165) is 0 Å². The van der Waals surface area contributed by atoms with Crippen LogP contribution in [0, 0.1) is 18.6 Å². The van der Waals surface area contributed by atoms with Crippen molar-refractivity contribution in [3.05, 3.63) is 34.9 Å². The highest BCUT2D eigenvalue weighted by molar-refractivity contribution is 5.29. The zero-order valence-electron chi connectivity index (χ0n) is 10.0. The zero-order valence-corrected chi connectivity index (χ0v) is 10.0. The van der Waals surface area contributed by atoms with Gasteiger partial charge in [-0.25, -0.2) is 8.78 Å². The Balaban J connectivity index is 2.68. The van der Waals surface area contributed by atoms with Gasteiger partial charge in [-0.2, -0.15) is 0 Å². The van der Waals surface area contributed by atoms with Gasteiger partial charge in [0.25, 0.3) is 0 Å². The van der Waals surface area contributed by atoms with Crippen LogP contribution in [-0.4, -0.2) is 26.9 Å². The molecule has 1 atom stereocenters. The van der Waals surface area contributed by atoms with Crippen LogP contribution >= 0.6 is 0 Å². The Kier molecular flexibility index (Phi) is 5.47. The number of benzene rings is 1. The van der Waals surface area contributed by atoms with Crippen molar-refractivity contribution in [2.45, 2.75) is 13.0 Å². The summed E-state index contributed by atoms with van der Waals surface area (Å²) in [7, 11) is 1.54. The van der Waals surface area contributed by atoms with E-state index in [2.05, 4.69) is 0 Å². The van der Waals surface area contributed by atoms with E-state index in [1.165, 1.54) is 12.1 Å². The molecule has 0 fully saturated rings. The number of nitrogens with two attached hydrogens (primary N) is 1. The molecule has 2 N–H and O–H groups in total. The van der Waals surface area contributed by atoms with E-state index >= 15 is 0 Å². The first kappa shape index (κ1) is 14.0. The van der Waals surface area contributed by atoms with Crippen molar-refractivity contribution in [3.63, 3.8) is 0 Å². The summed E-state index contributed by atoms with van der Waals surface area (Å²) < 4.78 is 37.1. The minimum absolute atomic E-state index is 0.0562. The first-order valence-electron chi connectivity index (χ1n) is 5.34. The number of methoxy groups -OCH3 is 1. The molecule has 1 rings (SSSR count). The van der Waals surface area contributed by atoms with Gasteiger partial charge in [0.1, 0.15) is 11.6 Å². The van der Waals surface area contributed by atoms with Gasteiger partial charge < -0.3 is 15.2 Å². The van der Waals surface area contributed by atoms with Crippen LogP contribution in [0.1, 0.15) is 17.2 Å². The van der Waals surface area contributed by atoms with Gasteiger partial charge in [-0.05, 0) is 18.6 Å². The molecule has 17 heavy (non-hydrogen) atoms. The Morgan fingerprint density at radius 2 is 2.00 bits per heavy atom. The van der Waals surface area contributed by atoms with E-state index in [1.54, 1.807) is 14.0 Å². The van der Waals surface area contributed by atoms with E-state index in [9.17, 15) is 8.78 Å². The Morgan fingerprint density at radius 3 is 2.65 bits per heavy atom. The Bertz CT molecular complexity index is 372. The Labute approximate surface area is 99.5 Å². The van der Waals surface area contributed by atoms with Gasteiger partial charge in [-0.15, -0.1) is 0 Å². The molecule has 0 bridgehead atoms. The summed E-state index contributed by atoms with van der Waals surface area (Å²) >= 11 is 0. The normalized spacial score (nSPS) is 12.8. The second-order valence-electron chi connectivity index (χ2n) is 3.77. The van der Waals surface area contributed by atoms with Crippen LogP contribution in [0.2, 0.25) is 0 Å². The predicted octanol–water partition coefficient (Wildman–Crippen LogP) is 1.94. The van der Waals surface area contributed by atoms with Crippen LogP contribution < -0.4 is 5.73 Å². The molecule has 5 heteroatoms. The SMILES string of the molecule is COCCOCC(N)c1c(F)ccc(C)c1F. The number of aryl methyl sites for hydroxylation is 1. The maximum atomic E-state index is 13.7. The molecule has 1 aromatic carbocycles. The molecule has 1 unspecified atom stereocenters. The lowest BCUT2D eigenvalue weighted by Crippen LogP contribution is -2.21. The molecular formula is C12H17F2NO2. The number of halogens is 2. The molecule has 1 aromatic rings. The average molecular weight is 245 g/mol. The van der Waals surface area contributed by atoms with E-state index in [4.69, 9.17) is 15.2 Å². The van der Waals surface area contributed by atoms with E-state index in [-0.39, 0.29) is 12.2 Å². The number of rotatable bonds is 6. The highest BCUT2D eigenvalue weighted by Gasteiger charge is 2.18. The van der Waals surface area contributed by atoms with Gasteiger partial charge in [0, 0.05) is 12.7 Å². The maximum absolute atomic E-state index is 13.7. The van der Waals surface area contributed by atoms with E-state index in [1.807, 2.05) is 0 Å². The molecule has 0 heterocycles. The van der Waals surface area contributed by atoms with Crippen molar-refractivity contribution in [1.29, 1.82) is 0 Å². The summed E-state index contributed by atoms with van der Waals surface area (Å²) in [5.74, 6) is -1.25. The first-order chi connectivity index (χ1) is 8.07. The summed E-state index contributed by atoms with van der Waals surface area (Å²) in [6.45, 7) is 2.39.